The van der Waals surface area contributed by atoms with E-state index in [9.17, 15) is 13.5 Å². The van der Waals surface area contributed by atoms with Gasteiger partial charge < -0.3 is 10.8 Å². The van der Waals surface area contributed by atoms with Gasteiger partial charge in [0, 0.05) is 6.54 Å². The number of nitrogens with two attached hydrogens (primary N) is 1. The summed E-state index contributed by atoms with van der Waals surface area (Å²) in [7, 11) is -3.69. The number of anilines is 1. The first-order valence-electron chi connectivity index (χ1n) is 6.20. The van der Waals surface area contributed by atoms with Crippen LogP contribution in [0.3, 0.4) is 0 Å². The smallest absolute Gasteiger partial charge is 0.242 e. The van der Waals surface area contributed by atoms with E-state index in [4.69, 9.17) is 5.73 Å². The number of sulfonamides is 1. The lowest BCUT2D eigenvalue weighted by molar-refractivity contribution is 0.0437. The second-order valence-corrected chi connectivity index (χ2v) is 7.19. The van der Waals surface area contributed by atoms with E-state index in [2.05, 4.69) is 4.72 Å². The monoisotopic (exact) mass is 286 g/mol. The summed E-state index contributed by atoms with van der Waals surface area (Å²) < 4.78 is 26.6. The highest BCUT2D eigenvalue weighted by Gasteiger charge is 2.25. The standard InChI is InChI=1S/C13H22N2O3S/c1-10(2)8-13(3,16)9-15-19(17,18)12-7-5-4-6-11(12)14/h4-7,10,15-16H,8-9,14H2,1-3H3. The van der Waals surface area contributed by atoms with Crippen molar-refractivity contribution in [2.75, 3.05) is 12.3 Å². The highest BCUT2D eigenvalue weighted by Crippen LogP contribution is 2.19. The molecule has 0 aliphatic rings. The quantitative estimate of drug-likeness (QED) is 0.688. The van der Waals surface area contributed by atoms with E-state index in [1.165, 1.54) is 12.1 Å². The molecule has 0 fully saturated rings. The molecule has 0 radical (unpaired) electrons. The van der Waals surface area contributed by atoms with Gasteiger partial charge in [0.25, 0.3) is 0 Å². The van der Waals surface area contributed by atoms with Crippen molar-refractivity contribution < 1.29 is 13.5 Å². The number of hydrogen-bond acceptors (Lipinski definition) is 4. The highest BCUT2D eigenvalue weighted by atomic mass is 32.2. The molecule has 108 valence electrons. The number of nitrogen functional groups attached to an aromatic ring is 1. The van der Waals surface area contributed by atoms with Crippen LogP contribution < -0.4 is 10.5 Å². The Hall–Kier alpha value is -1.11. The predicted octanol–water partition coefficient (Wildman–Crippen LogP) is 1.34. The zero-order valence-electron chi connectivity index (χ0n) is 11.6. The molecule has 6 heteroatoms. The molecule has 0 bridgehead atoms. The number of nitrogens with one attached hydrogen (secondary N) is 1. The number of benzene rings is 1. The van der Waals surface area contributed by atoms with Crippen LogP contribution in [0.4, 0.5) is 5.69 Å². The van der Waals surface area contributed by atoms with Crippen LogP contribution in [-0.4, -0.2) is 25.7 Å². The Morgan fingerprint density at radius 1 is 1.37 bits per heavy atom. The fraction of sp³-hybridized carbons (Fsp3) is 0.538. The first kappa shape index (κ1) is 15.9. The Morgan fingerprint density at radius 2 is 1.95 bits per heavy atom. The topological polar surface area (TPSA) is 92.4 Å². The Bertz CT molecular complexity index is 524. The zero-order valence-corrected chi connectivity index (χ0v) is 12.4. The van der Waals surface area contributed by atoms with E-state index in [0.717, 1.165) is 0 Å². The second kappa shape index (κ2) is 5.90. The third-order valence-corrected chi connectivity index (χ3v) is 4.17. The largest absolute Gasteiger partial charge is 0.398 e. The first-order chi connectivity index (χ1) is 8.64. The summed E-state index contributed by atoms with van der Waals surface area (Å²) in [6.45, 7) is 5.52. The molecule has 0 spiro atoms. The van der Waals surface area contributed by atoms with Gasteiger partial charge in [0.05, 0.1) is 11.3 Å². The van der Waals surface area contributed by atoms with Gasteiger partial charge >= 0.3 is 0 Å². The van der Waals surface area contributed by atoms with E-state index in [-0.39, 0.29) is 23.0 Å². The van der Waals surface area contributed by atoms with Gasteiger partial charge in [-0.2, -0.15) is 0 Å². The highest BCUT2D eigenvalue weighted by molar-refractivity contribution is 7.89. The van der Waals surface area contributed by atoms with Crippen LogP contribution in [0.2, 0.25) is 0 Å². The third kappa shape index (κ3) is 4.81. The summed E-state index contributed by atoms with van der Waals surface area (Å²) in [5, 5.41) is 10.1. The molecule has 1 unspecified atom stereocenters. The number of aliphatic hydroxyl groups is 1. The second-order valence-electron chi connectivity index (χ2n) is 5.46. The molecule has 0 saturated carbocycles. The van der Waals surface area contributed by atoms with Crippen LogP contribution in [-0.2, 0) is 10.0 Å². The minimum atomic E-state index is -3.69. The Labute approximate surface area is 114 Å². The van der Waals surface area contributed by atoms with Gasteiger partial charge in [-0.15, -0.1) is 0 Å². The van der Waals surface area contributed by atoms with Crippen molar-refractivity contribution in [3.63, 3.8) is 0 Å². The Morgan fingerprint density at radius 3 is 2.47 bits per heavy atom. The summed E-state index contributed by atoms with van der Waals surface area (Å²) in [5.41, 5.74) is 4.76. The van der Waals surface area contributed by atoms with Gasteiger partial charge in [0.15, 0.2) is 0 Å². The fourth-order valence-corrected chi connectivity index (χ4v) is 3.30. The van der Waals surface area contributed by atoms with Crippen molar-refractivity contribution in [3.8, 4) is 0 Å². The van der Waals surface area contributed by atoms with Gasteiger partial charge in [0.1, 0.15) is 4.90 Å². The summed E-state index contributed by atoms with van der Waals surface area (Å²) in [4.78, 5) is 0.0374. The van der Waals surface area contributed by atoms with Gasteiger partial charge in [-0.3, -0.25) is 0 Å². The molecule has 19 heavy (non-hydrogen) atoms. The maximum atomic E-state index is 12.1. The maximum Gasteiger partial charge on any atom is 0.242 e. The first-order valence-corrected chi connectivity index (χ1v) is 7.69. The average molecular weight is 286 g/mol. The van der Waals surface area contributed by atoms with E-state index < -0.39 is 15.6 Å². The van der Waals surface area contributed by atoms with Crippen LogP contribution in [0, 0.1) is 5.92 Å². The van der Waals surface area contributed by atoms with Crippen LogP contribution in [0.5, 0.6) is 0 Å². The SMILES string of the molecule is CC(C)CC(C)(O)CNS(=O)(=O)c1ccccc1N. The van der Waals surface area contributed by atoms with E-state index in [1.807, 2.05) is 13.8 Å². The summed E-state index contributed by atoms with van der Waals surface area (Å²) in [5.74, 6) is 0.279. The average Bonchev–Trinajstić information content (AvgIpc) is 2.25. The van der Waals surface area contributed by atoms with Crippen LogP contribution in [0.15, 0.2) is 29.2 Å². The lowest BCUT2D eigenvalue weighted by atomic mass is 9.95. The summed E-state index contributed by atoms with van der Waals surface area (Å²) in [6, 6.07) is 6.25. The molecule has 0 saturated heterocycles. The molecule has 0 aliphatic carbocycles. The van der Waals surface area contributed by atoms with Crippen molar-refractivity contribution in [2.24, 2.45) is 5.92 Å². The molecule has 1 aromatic rings. The number of para-hydroxylation sites is 1. The molecule has 4 N–H and O–H groups in total. The normalized spacial score (nSPS) is 15.4. The molecule has 1 aromatic carbocycles. The van der Waals surface area contributed by atoms with Crippen molar-refractivity contribution >= 4 is 15.7 Å². The van der Waals surface area contributed by atoms with Crippen LogP contribution in [0.25, 0.3) is 0 Å². The Kier molecular flexibility index (Phi) is 4.95. The molecular weight excluding hydrogens is 264 g/mol. The van der Waals surface area contributed by atoms with E-state index in [1.54, 1.807) is 19.1 Å². The zero-order chi connectivity index (χ0) is 14.7. The molecule has 0 heterocycles. The lowest BCUT2D eigenvalue weighted by Gasteiger charge is -2.25. The maximum absolute atomic E-state index is 12.1. The number of hydrogen-bond donors (Lipinski definition) is 3. The van der Waals surface area contributed by atoms with Gasteiger partial charge in [-0.05, 0) is 31.4 Å². The third-order valence-electron chi connectivity index (χ3n) is 2.70. The van der Waals surface area contributed by atoms with Gasteiger partial charge in [0.2, 0.25) is 10.0 Å². The molecule has 0 aliphatic heterocycles. The van der Waals surface area contributed by atoms with Gasteiger partial charge in [-0.25, -0.2) is 13.1 Å². The van der Waals surface area contributed by atoms with Crippen molar-refractivity contribution in [1.29, 1.82) is 0 Å². The molecular formula is C13H22N2O3S. The molecule has 1 rings (SSSR count). The van der Waals surface area contributed by atoms with Crippen LogP contribution in [0.1, 0.15) is 27.2 Å². The van der Waals surface area contributed by atoms with Gasteiger partial charge in [-0.1, -0.05) is 26.0 Å². The predicted molar refractivity (Wildman–Crippen MR) is 76.1 cm³/mol. The van der Waals surface area contributed by atoms with Crippen molar-refractivity contribution in [3.05, 3.63) is 24.3 Å². The summed E-state index contributed by atoms with van der Waals surface area (Å²) in [6.07, 6.45) is 0.514. The molecule has 5 nitrogen and oxygen atoms in total. The summed E-state index contributed by atoms with van der Waals surface area (Å²) >= 11 is 0. The molecule has 1 atom stereocenters. The molecule has 0 aromatic heterocycles. The lowest BCUT2D eigenvalue weighted by Crippen LogP contribution is -2.41. The Balaban J connectivity index is 2.80. The van der Waals surface area contributed by atoms with Crippen LogP contribution >= 0.6 is 0 Å². The van der Waals surface area contributed by atoms with Crippen molar-refractivity contribution in [2.45, 2.75) is 37.7 Å². The van der Waals surface area contributed by atoms with E-state index in [0.29, 0.717) is 6.42 Å². The minimum absolute atomic E-state index is 0.0374. The fourth-order valence-electron chi connectivity index (χ4n) is 2.01. The molecule has 0 amide bonds. The van der Waals surface area contributed by atoms with E-state index >= 15 is 0 Å². The number of rotatable bonds is 6. The van der Waals surface area contributed by atoms with Crippen molar-refractivity contribution in [1.82, 2.24) is 4.72 Å². The minimum Gasteiger partial charge on any atom is -0.398 e.